The van der Waals surface area contributed by atoms with Crippen molar-refractivity contribution in [2.75, 3.05) is 25.3 Å². The van der Waals surface area contributed by atoms with Crippen molar-refractivity contribution < 1.29 is 14.3 Å². The third kappa shape index (κ3) is 4.70. The first-order chi connectivity index (χ1) is 12.5. The van der Waals surface area contributed by atoms with E-state index < -0.39 is 0 Å². The number of nitrogens with one attached hydrogen (secondary N) is 1. The average molecular weight is 397 g/mol. The van der Waals surface area contributed by atoms with Crippen LogP contribution in [0.4, 0.5) is 5.69 Å². The van der Waals surface area contributed by atoms with Gasteiger partial charge in [-0.25, -0.2) is 0 Å². The van der Waals surface area contributed by atoms with E-state index in [4.69, 9.17) is 21.1 Å². The molecule has 26 heavy (non-hydrogen) atoms. The van der Waals surface area contributed by atoms with E-state index in [0.717, 1.165) is 12.2 Å². The van der Waals surface area contributed by atoms with E-state index in [0.29, 0.717) is 33.9 Å². The first kappa shape index (κ1) is 20.1. The number of nitrogens with zero attached hydrogens (tertiary/aromatic N) is 3. The number of hydrogen-bond donors (Lipinski definition) is 1. The molecule has 7 nitrogen and oxygen atoms in total. The fraction of sp³-hybridized carbons (Fsp3) is 0.353. The maximum absolute atomic E-state index is 12.3. The number of carbonyl (C=O) groups excluding carboxylic acids is 1. The van der Waals surface area contributed by atoms with Crippen molar-refractivity contribution in [1.82, 2.24) is 14.8 Å². The number of halogens is 1. The normalized spacial score (nSPS) is 10.5. The van der Waals surface area contributed by atoms with Crippen molar-refractivity contribution in [2.24, 2.45) is 0 Å². The molecule has 0 bridgehead atoms. The zero-order valence-corrected chi connectivity index (χ0v) is 16.5. The molecule has 0 aliphatic rings. The standard InChI is InChI=1S/C17H21ClN4O3S/c1-5-7-22-15(6-2)20-21-17(22)26-10-16(23)19-12-9-13(24-3)11(18)8-14(12)25-4/h5,8-9H,1,6-7,10H2,2-4H3,(H,19,23). The Labute approximate surface area is 161 Å². The topological polar surface area (TPSA) is 78.3 Å². The largest absolute Gasteiger partial charge is 0.495 e. The second kappa shape index (κ2) is 9.49. The summed E-state index contributed by atoms with van der Waals surface area (Å²) in [5.41, 5.74) is 0.487. The van der Waals surface area contributed by atoms with Crippen LogP contribution in [0.15, 0.2) is 29.9 Å². The van der Waals surface area contributed by atoms with Crippen LogP contribution < -0.4 is 14.8 Å². The summed E-state index contributed by atoms with van der Waals surface area (Å²) in [6.07, 6.45) is 2.53. The predicted octanol–water partition coefficient (Wildman–Crippen LogP) is 3.43. The van der Waals surface area contributed by atoms with Gasteiger partial charge in [-0.05, 0) is 0 Å². The highest BCUT2D eigenvalue weighted by molar-refractivity contribution is 7.99. The van der Waals surface area contributed by atoms with Gasteiger partial charge in [-0.3, -0.25) is 4.79 Å². The minimum absolute atomic E-state index is 0.174. The molecular formula is C17H21ClN4O3S. The second-order valence-corrected chi connectivity index (χ2v) is 6.53. The number of benzene rings is 1. The van der Waals surface area contributed by atoms with Gasteiger partial charge in [0.25, 0.3) is 0 Å². The van der Waals surface area contributed by atoms with Crippen LogP contribution in [-0.2, 0) is 17.8 Å². The molecule has 0 aliphatic carbocycles. The molecule has 0 aliphatic heterocycles. The van der Waals surface area contributed by atoms with Crippen LogP contribution in [0.2, 0.25) is 5.02 Å². The third-order valence-corrected chi connectivity index (χ3v) is 4.76. The number of anilines is 1. The summed E-state index contributed by atoms with van der Waals surface area (Å²) in [5.74, 6) is 1.74. The summed E-state index contributed by atoms with van der Waals surface area (Å²) >= 11 is 7.38. The smallest absolute Gasteiger partial charge is 0.234 e. The van der Waals surface area contributed by atoms with Crippen LogP contribution in [0.5, 0.6) is 11.5 Å². The lowest BCUT2D eigenvalue weighted by molar-refractivity contribution is -0.113. The van der Waals surface area contributed by atoms with Gasteiger partial charge in [-0.2, -0.15) is 0 Å². The minimum Gasteiger partial charge on any atom is -0.495 e. The van der Waals surface area contributed by atoms with Gasteiger partial charge < -0.3 is 19.4 Å². The summed E-state index contributed by atoms with van der Waals surface area (Å²) in [4.78, 5) is 12.3. The molecule has 1 heterocycles. The van der Waals surface area contributed by atoms with Crippen molar-refractivity contribution in [3.63, 3.8) is 0 Å². The lowest BCUT2D eigenvalue weighted by Crippen LogP contribution is -2.15. The molecule has 1 aromatic carbocycles. The van der Waals surface area contributed by atoms with E-state index in [1.807, 2.05) is 11.5 Å². The Balaban J connectivity index is 2.08. The van der Waals surface area contributed by atoms with Crippen LogP contribution in [0.25, 0.3) is 0 Å². The van der Waals surface area contributed by atoms with Gasteiger partial charge in [0.1, 0.15) is 17.3 Å². The first-order valence-corrected chi connectivity index (χ1v) is 9.27. The Morgan fingerprint density at radius 1 is 1.35 bits per heavy atom. The van der Waals surface area contributed by atoms with Crippen LogP contribution >= 0.6 is 23.4 Å². The zero-order valence-electron chi connectivity index (χ0n) is 14.9. The summed E-state index contributed by atoms with van der Waals surface area (Å²) in [7, 11) is 3.01. The Morgan fingerprint density at radius 2 is 2.08 bits per heavy atom. The fourth-order valence-electron chi connectivity index (χ4n) is 2.27. The Kier molecular flexibility index (Phi) is 7.35. The van der Waals surface area contributed by atoms with E-state index in [2.05, 4.69) is 22.1 Å². The monoisotopic (exact) mass is 396 g/mol. The van der Waals surface area contributed by atoms with Crippen LogP contribution in [0.3, 0.4) is 0 Å². The van der Waals surface area contributed by atoms with Crippen molar-refractivity contribution in [1.29, 1.82) is 0 Å². The maximum Gasteiger partial charge on any atom is 0.234 e. The quantitative estimate of drug-likeness (QED) is 0.516. The molecule has 1 amide bonds. The molecule has 1 N–H and O–H groups in total. The second-order valence-electron chi connectivity index (χ2n) is 5.18. The molecule has 0 spiro atoms. The van der Waals surface area contributed by atoms with E-state index in [9.17, 15) is 4.79 Å². The average Bonchev–Trinajstić information content (AvgIpc) is 3.03. The molecule has 140 valence electrons. The number of carbonyl (C=O) groups is 1. The molecule has 0 fully saturated rings. The van der Waals surface area contributed by atoms with E-state index >= 15 is 0 Å². The molecule has 0 saturated heterocycles. The zero-order chi connectivity index (χ0) is 19.1. The highest BCUT2D eigenvalue weighted by Crippen LogP contribution is 2.36. The van der Waals surface area contributed by atoms with E-state index in [1.165, 1.54) is 26.0 Å². The molecule has 0 radical (unpaired) electrons. The van der Waals surface area contributed by atoms with Crippen molar-refractivity contribution in [3.8, 4) is 11.5 Å². The number of hydrogen-bond acceptors (Lipinski definition) is 6. The van der Waals surface area contributed by atoms with Gasteiger partial charge >= 0.3 is 0 Å². The van der Waals surface area contributed by atoms with Crippen LogP contribution in [-0.4, -0.2) is 40.6 Å². The summed E-state index contributed by atoms with van der Waals surface area (Å²) < 4.78 is 12.4. The van der Waals surface area contributed by atoms with Crippen molar-refractivity contribution in [2.45, 2.75) is 25.0 Å². The Bertz CT molecular complexity index is 795. The number of aromatic nitrogens is 3. The van der Waals surface area contributed by atoms with Gasteiger partial charge in [-0.15, -0.1) is 16.8 Å². The summed E-state index contributed by atoms with van der Waals surface area (Å²) in [5, 5.41) is 12.2. The number of aryl methyl sites for hydroxylation is 1. The summed E-state index contributed by atoms with van der Waals surface area (Å²) in [6.45, 7) is 6.35. The minimum atomic E-state index is -0.205. The lowest BCUT2D eigenvalue weighted by Gasteiger charge is -2.13. The van der Waals surface area contributed by atoms with E-state index in [-0.39, 0.29) is 11.7 Å². The number of rotatable bonds is 9. The molecule has 0 unspecified atom stereocenters. The molecule has 0 atom stereocenters. The van der Waals surface area contributed by atoms with Gasteiger partial charge in [0.05, 0.1) is 30.7 Å². The van der Waals surface area contributed by atoms with Crippen LogP contribution in [0, 0.1) is 0 Å². The number of ether oxygens (including phenoxy) is 2. The highest BCUT2D eigenvalue weighted by atomic mass is 35.5. The number of allylic oxidation sites excluding steroid dienone is 1. The molecule has 2 aromatic rings. The lowest BCUT2D eigenvalue weighted by atomic mass is 10.2. The highest BCUT2D eigenvalue weighted by Gasteiger charge is 2.15. The number of amides is 1. The van der Waals surface area contributed by atoms with Gasteiger partial charge in [0, 0.05) is 25.1 Å². The van der Waals surface area contributed by atoms with Crippen molar-refractivity contribution in [3.05, 3.63) is 35.6 Å². The maximum atomic E-state index is 12.3. The van der Waals surface area contributed by atoms with Crippen LogP contribution in [0.1, 0.15) is 12.7 Å². The SMILES string of the molecule is C=CCn1c(CC)nnc1SCC(=O)Nc1cc(OC)c(Cl)cc1OC. The number of thioether (sulfide) groups is 1. The van der Waals surface area contributed by atoms with E-state index in [1.54, 1.807) is 18.2 Å². The number of methoxy groups -OCH3 is 2. The molecule has 2 rings (SSSR count). The third-order valence-electron chi connectivity index (χ3n) is 3.50. The molecule has 9 heteroatoms. The summed E-state index contributed by atoms with van der Waals surface area (Å²) in [6, 6.07) is 3.22. The molecule has 0 saturated carbocycles. The Morgan fingerprint density at radius 3 is 2.69 bits per heavy atom. The molecular weight excluding hydrogens is 376 g/mol. The van der Waals surface area contributed by atoms with Gasteiger partial charge in [0.2, 0.25) is 5.91 Å². The Hall–Kier alpha value is -2.19. The predicted molar refractivity (Wildman–Crippen MR) is 104 cm³/mol. The van der Waals surface area contributed by atoms with Gasteiger partial charge in [-0.1, -0.05) is 36.4 Å². The van der Waals surface area contributed by atoms with Gasteiger partial charge in [0.15, 0.2) is 5.16 Å². The molecule has 1 aromatic heterocycles. The first-order valence-electron chi connectivity index (χ1n) is 7.91. The van der Waals surface area contributed by atoms with Crippen molar-refractivity contribution >= 4 is 35.0 Å². The fourth-order valence-corrected chi connectivity index (χ4v) is 3.27.